The van der Waals surface area contributed by atoms with Crippen LogP contribution in [-0.2, 0) is 11.0 Å². The molecule has 9 nitrogen and oxygen atoms in total. The van der Waals surface area contributed by atoms with Crippen LogP contribution >= 0.6 is 18.7 Å². The second-order valence-corrected chi connectivity index (χ2v) is 15.0. The standard InChI is InChI=1S/C30H41ClN7O2P/c1-36-15-17-38(18-16-36)22-11-13-37(14-12-22)23-10-9-21(25(20-23)40-2)19-27-34-29(32)28(31)30(35-27)33-24-7-5-6-8-26(24)41(3,4)39/h5-10,20,22H,11-19H2,1-4H3,(H3,32,33,34,35). The molecule has 3 aromatic rings. The van der Waals surface area contributed by atoms with Crippen molar-refractivity contribution in [3.63, 3.8) is 0 Å². The highest BCUT2D eigenvalue weighted by Crippen LogP contribution is 2.39. The number of ether oxygens (including phenoxy) is 1. The molecule has 0 saturated carbocycles. The topological polar surface area (TPSA) is 99.9 Å². The van der Waals surface area contributed by atoms with Gasteiger partial charge in [0.1, 0.15) is 29.6 Å². The number of nitrogens with zero attached hydrogens (tertiary/aromatic N) is 5. The van der Waals surface area contributed by atoms with Crippen LogP contribution in [0.1, 0.15) is 24.2 Å². The fourth-order valence-corrected chi connectivity index (χ4v) is 7.06. The molecule has 2 saturated heterocycles. The van der Waals surface area contributed by atoms with E-state index in [-0.39, 0.29) is 10.8 Å². The number of methoxy groups -OCH3 is 1. The molecule has 2 aliphatic heterocycles. The van der Waals surface area contributed by atoms with E-state index in [0.717, 1.165) is 42.8 Å². The molecule has 0 atom stereocenters. The highest BCUT2D eigenvalue weighted by molar-refractivity contribution is 7.70. The third-order valence-electron chi connectivity index (χ3n) is 8.16. The summed E-state index contributed by atoms with van der Waals surface area (Å²) >= 11 is 6.50. The largest absolute Gasteiger partial charge is 0.496 e. The molecule has 3 N–H and O–H groups in total. The lowest BCUT2D eigenvalue weighted by Crippen LogP contribution is -2.52. The minimum atomic E-state index is -2.53. The number of hydrogen-bond acceptors (Lipinski definition) is 9. The predicted molar refractivity (Wildman–Crippen MR) is 170 cm³/mol. The van der Waals surface area contributed by atoms with Crippen molar-refractivity contribution in [2.24, 2.45) is 0 Å². The number of likely N-dealkylation sites (N-methyl/N-ethyl adjacent to an activating group) is 1. The zero-order valence-corrected chi connectivity index (χ0v) is 26.1. The molecule has 5 rings (SSSR count). The normalized spacial score (nSPS) is 17.5. The van der Waals surface area contributed by atoms with Gasteiger partial charge in [0.25, 0.3) is 0 Å². The maximum atomic E-state index is 12.8. The molecule has 3 heterocycles. The van der Waals surface area contributed by atoms with Crippen LogP contribution in [0, 0.1) is 0 Å². The maximum absolute atomic E-state index is 12.8. The van der Waals surface area contributed by atoms with E-state index in [1.165, 1.54) is 31.6 Å². The van der Waals surface area contributed by atoms with Crippen molar-refractivity contribution in [1.82, 2.24) is 19.8 Å². The highest BCUT2D eigenvalue weighted by Gasteiger charge is 2.27. The lowest BCUT2D eigenvalue weighted by molar-refractivity contribution is 0.0982. The second-order valence-electron chi connectivity index (χ2n) is 11.4. The molecule has 2 aliphatic rings. The summed E-state index contributed by atoms with van der Waals surface area (Å²) in [7, 11) is 1.37. The van der Waals surface area contributed by atoms with Gasteiger partial charge >= 0.3 is 0 Å². The molecule has 2 fully saturated rings. The van der Waals surface area contributed by atoms with Gasteiger partial charge in [-0.3, -0.25) is 4.90 Å². The van der Waals surface area contributed by atoms with Gasteiger partial charge in [-0.25, -0.2) is 9.97 Å². The number of piperazine rings is 1. The average molecular weight is 598 g/mol. The summed E-state index contributed by atoms with van der Waals surface area (Å²) in [6.45, 7) is 10.2. The van der Waals surface area contributed by atoms with Gasteiger partial charge in [-0.15, -0.1) is 0 Å². The second kappa shape index (κ2) is 12.6. The molecule has 0 aliphatic carbocycles. The van der Waals surface area contributed by atoms with Gasteiger partial charge in [-0.2, -0.15) is 0 Å². The van der Waals surface area contributed by atoms with E-state index in [0.29, 0.717) is 29.8 Å². The first kappa shape index (κ1) is 29.6. The van der Waals surface area contributed by atoms with E-state index in [9.17, 15) is 4.57 Å². The lowest BCUT2D eigenvalue weighted by Gasteiger charge is -2.42. The number of benzene rings is 2. The SMILES string of the molecule is COc1cc(N2CCC(N3CCN(C)CC3)CC2)ccc1Cc1nc(N)c(Cl)c(Nc2ccccc2P(C)(C)=O)n1. The van der Waals surface area contributed by atoms with Crippen LogP contribution in [0.2, 0.25) is 5.02 Å². The number of nitrogens with one attached hydrogen (secondary N) is 1. The Balaban J connectivity index is 1.30. The van der Waals surface area contributed by atoms with E-state index in [4.69, 9.17) is 27.1 Å². The smallest absolute Gasteiger partial charge is 0.155 e. The average Bonchev–Trinajstić information content (AvgIpc) is 2.96. The summed E-state index contributed by atoms with van der Waals surface area (Å²) in [5.41, 5.74) is 9.01. The Morgan fingerprint density at radius 3 is 2.44 bits per heavy atom. The first-order valence-corrected chi connectivity index (χ1v) is 17.2. The van der Waals surface area contributed by atoms with Crippen molar-refractivity contribution in [3.8, 4) is 5.75 Å². The fraction of sp³-hybridized carbons (Fsp3) is 0.467. The molecule has 41 heavy (non-hydrogen) atoms. The molecular formula is C30H41ClN7O2P. The molecule has 0 radical (unpaired) electrons. The van der Waals surface area contributed by atoms with Crippen LogP contribution in [-0.4, -0.2) is 92.6 Å². The molecule has 0 unspecified atom stereocenters. The first-order chi connectivity index (χ1) is 19.6. The molecule has 220 valence electrons. The van der Waals surface area contributed by atoms with Crippen LogP contribution in [0.3, 0.4) is 0 Å². The van der Waals surface area contributed by atoms with Crippen molar-refractivity contribution >= 4 is 47.1 Å². The zero-order valence-electron chi connectivity index (χ0n) is 24.4. The van der Waals surface area contributed by atoms with Crippen LogP contribution in [0.4, 0.5) is 23.0 Å². The van der Waals surface area contributed by atoms with Crippen LogP contribution < -0.4 is 26.0 Å². The van der Waals surface area contributed by atoms with E-state index in [2.05, 4.69) is 50.2 Å². The molecule has 11 heteroatoms. The summed E-state index contributed by atoms with van der Waals surface area (Å²) in [6, 6.07) is 14.5. The number of para-hydroxylation sites is 1. The molecule has 2 aromatic carbocycles. The number of aromatic nitrogens is 2. The molecule has 0 amide bonds. The molecular weight excluding hydrogens is 557 g/mol. The Hall–Kier alpha value is -2.84. The Bertz CT molecular complexity index is 1420. The third-order valence-corrected chi connectivity index (χ3v) is 10.1. The summed E-state index contributed by atoms with van der Waals surface area (Å²) in [4.78, 5) is 16.7. The van der Waals surface area contributed by atoms with Crippen molar-refractivity contribution in [1.29, 1.82) is 0 Å². The van der Waals surface area contributed by atoms with Crippen molar-refractivity contribution in [2.75, 3.05) is 82.7 Å². The number of nitrogen functional groups attached to an aromatic ring is 1. The number of rotatable bonds is 8. The summed E-state index contributed by atoms with van der Waals surface area (Å²) in [5.74, 6) is 1.88. The summed E-state index contributed by atoms with van der Waals surface area (Å²) < 4.78 is 18.7. The summed E-state index contributed by atoms with van der Waals surface area (Å²) in [5, 5.41) is 4.20. The quantitative estimate of drug-likeness (QED) is 0.363. The molecule has 0 bridgehead atoms. The van der Waals surface area contributed by atoms with Crippen LogP contribution in [0.25, 0.3) is 0 Å². The minimum Gasteiger partial charge on any atom is -0.496 e. The molecule has 0 spiro atoms. The third kappa shape index (κ3) is 6.97. The van der Waals surface area contributed by atoms with E-state index in [1.807, 2.05) is 24.3 Å². The van der Waals surface area contributed by atoms with Crippen molar-refractivity contribution < 1.29 is 9.30 Å². The van der Waals surface area contributed by atoms with Gasteiger partial charge in [-0.1, -0.05) is 29.8 Å². The minimum absolute atomic E-state index is 0.187. The Morgan fingerprint density at radius 1 is 1.05 bits per heavy atom. The number of piperidine rings is 1. The van der Waals surface area contributed by atoms with Crippen LogP contribution in [0.15, 0.2) is 42.5 Å². The Kier molecular flexibility index (Phi) is 9.09. The number of nitrogens with two attached hydrogens (primary N) is 1. The zero-order chi connectivity index (χ0) is 29.1. The number of anilines is 4. The van der Waals surface area contributed by atoms with E-state index in [1.54, 1.807) is 20.4 Å². The summed E-state index contributed by atoms with van der Waals surface area (Å²) in [6.07, 6.45) is 2.78. The van der Waals surface area contributed by atoms with Gasteiger partial charge in [0, 0.05) is 74.4 Å². The van der Waals surface area contributed by atoms with Gasteiger partial charge in [0.05, 0.1) is 12.8 Å². The Labute approximate surface area is 248 Å². The number of hydrogen-bond donors (Lipinski definition) is 2. The van der Waals surface area contributed by atoms with Gasteiger partial charge in [0.15, 0.2) is 5.82 Å². The van der Waals surface area contributed by atoms with Gasteiger partial charge < -0.3 is 30.2 Å². The van der Waals surface area contributed by atoms with Crippen molar-refractivity contribution in [2.45, 2.75) is 25.3 Å². The predicted octanol–water partition coefficient (Wildman–Crippen LogP) is 4.52. The lowest BCUT2D eigenvalue weighted by atomic mass is 10.0. The van der Waals surface area contributed by atoms with E-state index < -0.39 is 7.14 Å². The van der Waals surface area contributed by atoms with Gasteiger partial charge in [0.2, 0.25) is 0 Å². The highest BCUT2D eigenvalue weighted by atomic mass is 35.5. The Morgan fingerprint density at radius 2 is 1.76 bits per heavy atom. The van der Waals surface area contributed by atoms with Crippen LogP contribution in [0.5, 0.6) is 5.75 Å². The van der Waals surface area contributed by atoms with Gasteiger partial charge in [-0.05, 0) is 51.4 Å². The fourth-order valence-electron chi connectivity index (χ4n) is 5.77. The molecule has 1 aromatic heterocycles. The maximum Gasteiger partial charge on any atom is 0.155 e. The van der Waals surface area contributed by atoms with E-state index >= 15 is 0 Å². The van der Waals surface area contributed by atoms with Crippen molar-refractivity contribution in [3.05, 3.63) is 58.9 Å². The monoisotopic (exact) mass is 597 g/mol. The first-order valence-electron chi connectivity index (χ1n) is 14.2. The number of halogens is 1.